The van der Waals surface area contributed by atoms with Crippen molar-refractivity contribution in [2.45, 2.75) is 0 Å². The summed E-state index contributed by atoms with van der Waals surface area (Å²) in [6.45, 7) is 0. The van der Waals surface area contributed by atoms with E-state index in [0.29, 0.717) is 0 Å². The number of hydrogen-bond donors (Lipinski definition) is 0. The van der Waals surface area contributed by atoms with Crippen LogP contribution in [-0.2, 0) is 0 Å². The van der Waals surface area contributed by atoms with Crippen molar-refractivity contribution in [1.82, 2.24) is 0 Å². The van der Waals surface area contributed by atoms with Crippen LogP contribution in [0.15, 0.2) is 182 Å². The average molecular weight is 743 g/mol. The minimum atomic E-state index is 1.27. The fraction of sp³-hybridized carbons (Fsp3) is 0. The van der Waals surface area contributed by atoms with Crippen LogP contribution in [0.25, 0.3) is 128 Å². The molecule has 0 fully saturated rings. The fourth-order valence-electron chi connectivity index (χ4n) is 9.89. The molecular formula is C54H30S2. The third kappa shape index (κ3) is 4.18. The Morgan fingerprint density at radius 3 is 1.30 bits per heavy atom. The van der Waals surface area contributed by atoms with E-state index in [1.807, 2.05) is 22.7 Å². The Bertz CT molecular complexity index is 3590. The van der Waals surface area contributed by atoms with Gasteiger partial charge in [-0.25, -0.2) is 0 Å². The number of thiophene rings is 2. The van der Waals surface area contributed by atoms with Crippen LogP contribution in [0.4, 0.5) is 0 Å². The van der Waals surface area contributed by atoms with Crippen LogP contribution in [0.2, 0.25) is 0 Å². The Kier molecular flexibility index (Phi) is 6.29. The van der Waals surface area contributed by atoms with Crippen molar-refractivity contribution in [2.24, 2.45) is 0 Å². The Hall–Kier alpha value is -6.58. The minimum absolute atomic E-state index is 1.27. The van der Waals surface area contributed by atoms with Crippen molar-refractivity contribution in [3.63, 3.8) is 0 Å². The predicted octanol–water partition coefficient (Wildman–Crippen LogP) is 16.6. The van der Waals surface area contributed by atoms with E-state index in [4.69, 9.17) is 0 Å². The fourth-order valence-corrected chi connectivity index (χ4v) is 12.2. The Labute approximate surface area is 330 Å². The molecule has 13 aromatic rings. The molecular weight excluding hydrogens is 713 g/mol. The molecule has 11 aromatic carbocycles. The Balaban J connectivity index is 1.23. The number of benzene rings is 11. The summed E-state index contributed by atoms with van der Waals surface area (Å²) in [7, 11) is 0. The van der Waals surface area contributed by atoms with Gasteiger partial charge < -0.3 is 0 Å². The van der Waals surface area contributed by atoms with Gasteiger partial charge >= 0.3 is 0 Å². The zero-order valence-electron chi connectivity index (χ0n) is 30.1. The maximum atomic E-state index is 2.51. The van der Waals surface area contributed by atoms with Gasteiger partial charge in [0.1, 0.15) is 0 Å². The lowest BCUT2D eigenvalue weighted by Gasteiger charge is -2.20. The molecule has 56 heavy (non-hydrogen) atoms. The second-order valence-corrected chi connectivity index (χ2v) is 17.2. The molecule has 0 bridgehead atoms. The molecule has 0 amide bonds. The van der Waals surface area contributed by atoms with E-state index in [1.54, 1.807) is 0 Å². The molecule has 13 rings (SSSR count). The Morgan fingerprint density at radius 2 is 0.679 bits per heavy atom. The van der Waals surface area contributed by atoms with Gasteiger partial charge in [0.15, 0.2) is 0 Å². The molecule has 0 aliphatic heterocycles. The summed E-state index contributed by atoms with van der Waals surface area (Å²) in [6, 6.07) is 68.6. The molecule has 2 heteroatoms. The maximum Gasteiger partial charge on any atom is 0.0361 e. The van der Waals surface area contributed by atoms with E-state index in [2.05, 4.69) is 182 Å². The highest BCUT2D eigenvalue weighted by atomic mass is 32.1. The van der Waals surface area contributed by atoms with Crippen LogP contribution in [-0.4, -0.2) is 0 Å². The van der Waals surface area contributed by atoms with Crippen molar-refractivity contribution >= 4 is 117 Å². The van der Waals surface area contributed by atoms with E-state index in [1.165, 1.54) is 128 Å². The molecule has 0 radical (unpaired) electrons. The van der Waals surface area contributed by atoms with E-state index in [0.717, 1.165) is 0 Å². The van der Waals surface area contributed by atoms with Crippen LogP contribution in [0, 0.1) is 0 Å². The lowest BCUT2D eigenvalue weighted by Crippen LogP contribution is -1.93. The largest absolute Gasteiger partial charge is 0.135 e. The first-order chi connectivity index (χ1) is 27.8. The summed E-state index contributed by atoms with van der Waals surface area (Å²) < 4.78 is 5.30. The van der Waals surface area contributed by atoms with Crippen LogP contribution >= 0.6 is 22.7 Å². The molecule has 0 atom stereocenters. The molecule has 0 aliphatic carbocycles. The second kappa shape index (κ2) is 11.5. The highest BCUT2D eigenvalue weighted by molar-refractivity contribution is 7.26. The maximum absolute atomic E-state index is 2.51. The smallest absolute Gasteiger partial charge is 0.0361 e. The van der Waals surface area contributed by atoms with Gasteiger partial charge in [0.2, 0.25) is 0 Å². The number of hydrogen-bond acceptors (Lipinski definition) is 2. The van der Waals surface area contributed by atoms with Gasteiger partial charge in [-0.2, -0.15) is 0 Å². The standard InChI is InChI=1S/C54H30S2/c1-3-23-46-41(14-1)53-36(21-9-25-48(53)55-46)34-16-7-19-38-43(34)30-44-35(37-22-10-26-49-54(37)42-15-2-4-24-47(42)56-49)17-8-20-39(44)52(38)45-29-33-13-5-11-31-27-28-32-12-6-18-40(45)51(32)50(31)33/h1-30H. The van der Waals surface area contributed by atoms with Crippen molar-refractivity contribution in [3.8, 4) is 33.4 Å². The molecule has 0 saturated carbocycles. The molecule has 0 aliphatic rings. The first-order valence-electron chi connectivity index (χ1n) is 19.3. The summed E-state index contributed by atoms with van der Waals surface area (Å²) in [6.07, 6.45) is 0. The second-order valence-electron chi connectivity index (χ2n) is 15.1. The van der Waals surface area contributed by atoms with Crippen molar-refractivity contribution in [3.05, 3.63) is 182 Å². The molecule has 0 nitrogen and oxygen atoms in total. The molecule has 0 unspecified atom stereocenters. The van der Waals surface area contributed by atoms with E-state index in [9.17, 15) is 0 Å². The van der Waals surface area contributed by atoms with Crippen molar-refractivity contribution in [2.75, 3.05) is 0 Å². The van der Waals surface area contributed by atoms with E-state index in [-0.39, 0.29) is 0 Å². The first-order valence-corrected chi connectivity index (χ1v) is 20.9. The summed E-state index contributed by atoms with van der Waals surface area (Å²) >= 11 is 3.77. The van der Waals surface area contributed by atoms with Gasteiger partial charge in [-0.05, 0) is 124 Å². The summed E-state index contributed by atoms with van der Waals surface area (Å²) in [5.41, 5.74) is 7.69. The normalized spacial score (nSPS) is 12.3. The molecule has 2 aromatic heterocycles. The molecule has 0 N–H and O–H groups in total. The average Bonchev–Trinajstić information content (AvgIpc) is 3.83. The van der Waals surface area contributed by atoms with Crippen LogP contribution < -0.4 is 0 Å². The van der Waals surface area contributed by atoms with E-state index < -0.39 is 0 Å². The Morgan fingerprint density at radius 1 is 0.232 bits per heavy atom. The summed E-state index contributed by atoms with van der Waals surface area (Å²) in [5, 5.41) is 18.3. The zero-order chi connectivity index (χ0) is 36.5. The monoisotopic (exact) mass is 742 g/mol. The third-order valence-electron chi connectivity index (χ3n) is 12.2. The van der Waals surface area contributed by atoms with Crippen molar-refractivity contribution in [1.29, 1.82) is 0 Å². The van der Waals surface area contributed by atoms with Crippen LogP contribution in [0.3, 0.4) is 0 Å². The quantitative estimate of drug-likeness (QED) is 0.125. The molecule has 0 spiro atoms. The lowest BCUT2D eigenvalue weighted by molar-refractivity contribution is 1.69. The SMILES string of the molecule is c1cc2ccc3cccc4c(-c5c6cccc(-c7cccc8sc9ccccc9c78)c6cc6c(-c7cccc8sc9ccccc9c78)cccc56)cc(c1)c2c34. The first kappa shape index (κ1) is 30.7. The van der Waals surface area contributed by atoms with Gasteiger partial charge in [0.25, 0.3) is 0 Å². The summed E-state index contributed by atoms with van der Waals surface area (Å²) in [5.74, 6) is 0. The number of rotatable bonds is 3. The molecule has 0 saturated heterocycles. The van der Waals surface area contributed by atoms with E-state index >= 15 is 0 Å². The lowest BCUT2D eigenvalue weighted by atomic mass is 9.82. The van der Waals surface area contributed by atoms with Gasteiger partial charge in [-0.3, -0.25) is 0 Å². The number of fused-ring (bicyclic) bond motifs is 8. The highest BCUT2D eigenvalue weighted by Gasteiger charge is 2.22. The van der Waals surface area contributed by atoms with Gasteiger partial charge in [0, 0.05) is 40.3 Å². The zero-order valence-corrected chi connectivity index (χ0v) is 31.8. The predicted molar refractivity (Wildman–Crippen MR) is 247 cm³/mol. The van der Waals surface area contributed by atoms with Gasteiger partial charge in [-0.1, -0.05) is 146 Å². The van der Waals surface area contributed by atoms with Gasteiger partial charge in [0.05, 0.1) is 0 Å². The van der Waals surface area contributed by atoms with Crippen LogP contribution in [0.1, 0.15) is 0 Å². The van der Waals surface area contributed by atoms with Crippen molar-refractivity contribution < 1.29 is 0 Å². The van der Waals surface area contributed by atoms with Gasteiger partial charge in [-0.15, -0.1) is 22.7 Å². The molecule has 258 valence electrons. The minimum Gasteiger partial charge on any atom is -0.135 e. The van der Waals surface area contributed by atoms with Crippen LogP contribution in [0.5, 0.6) is 0 Å². The molecule has 2 heterocycles. The third-order valence-corrected chi connectivity index (χ3v) is 14.5. The topological polar surface area (TPSA) is 0 Å². The highest BCUT2D eigenvalue weighted by Crippen LogP contribution is 2.50. The summed E-state index contributed by atoms with van der Waals surface area (Å²) in [4.78, 5) is 0.